The third-order valence-electron chi connectivity index (χ3n) is 4.49. The van der Waals surface area contributed by atoms with E-state index in [1.165, 1.54) is 5.56 Å². The zero-order valence-corrected chi connectivity index (χ0v) is 14.4. The van der Waals surface area contributed by atoms with E-state index < -0.39 is 0 Å². The zero-order valence-electron chi connectivity index (χ0n) is 14.4. The molecule has 1 aromatic carbocycles. The van der Waals surface area contributed by atoms with Crippen LogP contribution in [0.4, 0.5) is 0 Å². The second-order valence-corrected chi connectivity index (χ2v) is 6.93. The van der Waals surface area contributed by atoms with Gasteiger partial charge >= 0.3 is 0 Å². The molecule has 22 heavy (non-hydrogen) atoms. The molecule has 124 valence electrons. The van der Waals surface area contributed by atoms with Gasteiger partial charge in [0.2, 0.25) is 0 Å². The fraction of sp³-hybridized carbons (Fsp3) is 0.667. The van der Waals surface area contributed by atoms with Crippen molar-refractivity contribution in [3.63, 3.8) is 0 Å². The van der Waals surface area contributed by atoms with Crippen molar-refractivity contribution >= 4 is 0 Å². The minimum atomic E-state index is 0.173. The first-order valence-electron chi connectivity index (χ1n) is 8.24. The van der Waals surface area contributed by atoms with Crippen LogP contribution >= 0.6 is 0 Å². The normalized spacial score (nSPS) is 21.6. The number of rotatable bonds is 6. The molecule has 1 aliphatic rings. The van der Waals surface area contributed by atoms with E-state index in [0.29, 0.717) is 12.6 Å². The van der Waals surface area contributed by atoms with Crippen molar-refractivity contribution in [2.75, 3.05) is 26.8 Å². The minimum Gasteiger partial charge on any atom is -0.493 e. The Morgan fingerprint density at radius 2 is 2.09 bits per heavy atom. The van der Waals surface area contributed by atoms with Crippen LogP contribution in [0.25, 0.3) is 0 Å². The van der Waals surface area contributed by atoms with Gasteiger partial charge in [-0.15, -0.1) is 0 Å². The van der Waals surface area contributed by atoms with Crippen molar-refractivity contribution in [1.29, 1.82) is 0 Å². The summed E-state index contributed by atoms with van der Waals surface area (Å²) in [6.07, 6.45) is 2.05. The molecular weight excluding hydrogens is 276 g/mol. The predicted octanol–water partition coefficient (Wildman–Crippen LogP) is 3.04. The van der Waals surface area contributed by atoms with Gasteiger partial charge in [0.15, 0.2) is 11.5 Å². The molecular formula is C18H30N2O2. The maximum absolute atomic E-state index is 6.22. The SMILES string of the molecule is CCCOc1ccc(CN2CCC(N)C(C)(C)C2)cc1OC. The molecule has 4 heteroatoms. The van der Waals surface area contributed by atoms with Crippen molar-refractivity contribution in [2.24, 2.45) is 11.1 Å². The van der Waals surface area contributed by atoms with Crippen LogP contribution in [0.1, 0.15) is 39.2 Å². The van der Waals surface area contributed by atoms with E-state index in [4.69, 9.17) is 15.2 Å². The number of likely N-dealkylation sites (tertiary alicyclic amines) is 1. The summed E-state index contributed by atoms with van der Waals surface area (Å²) in [5, 5.41) is 0. The quantitative estimate of drug-likeness (QED) is 0.877. The van der Waals surface area contributed by atoms with E-state index in [1.54, 1.807) is 7.11 Å². The summed E-state index contributed by atoms with van der Waals surface area (Å²) >= 11 is 0. The van der Waals surface area contributed by atoms with Crippen LogP contribution in [-0.2, 0) is 6.54 Å². The van der Waals surface area contributed by atoms with Crippen LogP contribution in [0.2, 0.25) is 0 Å². The van der Waals surface area contributed by atoms with Gasteiger partial charge in [-0.2, -0.15) is 0 Å². The molecule has 0 aliphatic carbocycles. The molecule has 1 aliphatic heterocycles. The van der Waals surface area contributed by atoms with Crippen molar-refractivity contribution in [1.82, 2.24) is 4.90 Å². The molecule has 0 saturated carbocycles. The van der Waals surface area contributed by atoms with E-state index in [-0.39, 0.29) is 5.41 Å². The van der Waals surface area contributed by atoms with E-state index in [1.807, 2.05) is 6.07 Å². The number of ether oxygens (including phenoxy) is 2. The summed E-state index contributed by atoms with van der Waals surface area (Å²) in [5.74, 6) is 1.65. The van der Waals surface area contributed by atoms with E-state index in [2.05, 4.69) is 37.8 Å². The Morgan fingerprint density at radius 3 is 2.73 bits per heavy atom. The molecule has 2 N–H and O–H groups in total. The van der Waals surface area contributed by atoms with Crippen LogP contribution in [0, 0.1) is 5.41 Å². The Kier molecular flexibility index (Phi) is 5.70. The molecule has 0 aromatic heterocycles. The molecule has 1 aromatic rings. The van der Waals surface area contributed by atoms with Gasteiger partial charge in [-0.3, -0.25) is 4.90 Å². The van der Waals surface area contributed by atoms with Gasteiger partial charge in [-0.05, 0) is 36.0 Å². The molecule has 0 bridgehead atoms. The Labute approximate surface area is 134 Å². The van der Waals surface area contributed by atoms with Gasteiger partial charge in [0.05, 0.1) is 13.7 Å². The summed E-state index contributed by atoms with van der Waals surface area (Å²) < 4.78 is 11.2. The standard InChI is InChI=1S/C18H30N2O2/c1-5-10-22-15-7-6-14(11-16(15)21-4)12-20-9-8-17(19)18(2,3)13-20/h6-7,11,17H,5,8-10,12-13,19H2,1-4H3. The molecule has 0 radical (unpaired) electrons. The van der Waals surface area contributed by atoms with Crippen LogP contribution in [0.5, 0.6) is 11.5 Å². The smallest absolute Gasteiger partial charge is 0.161 e. The molecule has 1 saturated heterocycles. The molecule has 4 nitrogen and oxygen atoms in total. The van der Waals surface area contributed by atoms with Crippen LogP contribution in [0.15, 0.2) is 18.2 Å². The summed E-state index contributed by atoms with van der Waals surface area (Å²) in [6.45, 7) is 10.3. The third kappa shape index (κ3) is 4.14. The highest BCUT2D eigenvalue weighted by molar-refractivity contribution is 5.43. The summed E-state index contributed by atoms with van der Waals surface area (Å²) in [7, 11) is 1.70. The fourth-order valence-corrected chi connectivity index (χ4v) is 3.02. The van der Waals surface area contributed by atoms with Crippen molar-refractivity contribution in [3.8, 4) is 11.5 Å². The molecule has 1 atom stereocenters. The van der Waals surface area contributed by atoms with Crippen LogP contribution in [0.3, 0.4) is 0 Å². The van der Waals surface area contributed by atoms with E-state index >= 15 is 0 Å². The van der Waals surface area contributed by atoms with Gasteiger partial charge in [-0.25, -0.2) is 0 Å². The Morgan fingerprint density at radius 1 is 1.32 bits per heavy atom. The number of methoxy groups -OCH3 is 1. The monoisotopic (exact) mass is 306 g/mol. The average molecular weight is 306 g/mol. The molecule has 1 heterocycles. The second kappa shape index (κ2) is 7.34. The lowest BCUT2D eigenvalue weighted by Gasteiger charge is -2.42. The number of nitrogens with two attached hydrogens (primary N) is 1. The first-order valence-corrected chi connectivity index (χ1v) is 8.24. The number of nitrogens with zero attached hydrogens (tertiary/aromatic N) is 1. The lowest BCUT2D eigenvalue weighted by molar-refractivity contribution is 0.0898. The van der Waals surface area contributed by atoms with Crippen molar-refractivity contribution < 1.29 is 9.47 Å². The van der Waals surface area contributed by atoms with Gasteiger partial charge in [0.25, 0.3) is 0 Å². The van der Waals surface area contributed by atoms with Gasteiger partial charge in [0, 0.05) is 25.7 Å². The maximum Gasteiger partial charge on any atom is 0.161 e. The summed E-state index contributed by atoms with van der Waals surface area (Å²) in [5.41, 5.74) is 7.65. The molecule has 0 spiro atoms. The number of hydrogen-bond donors (Lipinski definition) is 1. The average Bonchev–Trinajstić information content (AvgIpc) is 2.49. The largest absolute Gasteiger partial charge is 0.493 e. The predicted molar refractivity (Wildman–Crippen MR) is 90.4 cm³/mol. The molecule has 0 amide bonds. The number of hydrogen-bond acceptors (Lipinski definition) is 4. The zero-order chi connectivity index (χ0) is 16.2. The molecule has 1 unspecified atom stereocenters. The lowest BCUT2D eigenvalue weighted by atomic mass is 9.79. The van der Waals surface area contributed by atoms with Crippen molar-refractivity contribution in [3.05, 3.63) is 23.8 Å². The van der Waals surface area contributed by atoms with Gasteiger partial charge in [0.1, 0.15) is 0 Å². The van der Waals surface area contributed by atoms with E-state index in [9.17, 15) is 0 Å². The lowest BCUT2D eigenvalue weighted by Crippen LogP contribution is -2.52. The van der Waals surface area contributed by atoms with Crippen LogP contribution < -0.4 is 15.2 Å². The van der Waals surface area contributed by atoms with Gasteiger partial charge < -0.3 is 15.2 Å². The highest BCUT2D eigenvalue weighted by Gasteiger charge is 2.33. The first-order chi connectivity index (χ1) is 10.5. The third-order valence-corrected chi connectivity index (χ3v) is 4.49. The Hall–Kier alpha value is -1.26. The van der Waals surface area contributed by atoms with Gasteiger partial charge in [-0.1, -0.05) is 26.8 Å². The van der Waals surface area contributed by atoms with E-state index in [0.717, 1.165) is 44.0 Å². The van der Waals surface area contributed by atoms with Crippen molar-refractivity contribution in [2.45, 2.75) is 46.2 Å². The van der Waals surface area contributed by atoms with Crippen LogP contribution in [-0.4, -0.2) is 37.7 Å². The molecule has 2 rings (SSSR count). The number of benzene rings is 1. The summed E-state index contributed by atoms with van der Waals surface area (Å²) in [4.78, 5) is 2.48. The second-order valence-electron chi connectivity index (χ2n) is 6.93. The highest BCUT2D eigenvalue weighted by Crippen LogP contribution is 2.31. The number of piperidine rings is 1. The first kappa shape index (κ1) is 17.1. The Bertz CT molecular complexity index is 488. The maximum atomic E-state index is 6.22. The topological polar surface area (TPSA) is 47.7 Å². The summed E-state index contributed by atoms with van der Waals surface area (Å²) in [6, 6.07) is 6.54. The highest BCUT2D eigenvalue weighted by atomic mass is 16.5. The Balaban J connectivity index is 2.04. The molecule has 1 fully saturated rings. The minimum absolute atomic E-state index is 0.173. The fourth-order valence-electron chi connectivity index (χ4n) is 3.02.